The molecule has 5 nitrogen and oxygen atoms in total. The SMILES string of the molecule is Cc1nc(C)c(C(=O)N2CCN(C(=O)c3cccc(F)c3)CC2)s1. The summed E-state index contributed by atoms with van der Waals surface area (Å²) in [6.45, 7) is 5.53. The standard InChI is InChI=1S/C17H18FN3O2S/c1-11-15(24-12(2)19-11)17(23)21-8-6-20(7-9-21)16(22)13-4-3-5-14(18)10-13/h3-5,10H,6-9H2,1-2H3. The Morgan fingerprint density at radius 2 is 1.71 bits per heavy atom. The maximum Gasteiger partial charge on any atom is 0.265 e. The van der Waals surface area contributed by atoms with E-state index in [2.05, 4.69) is 4.98 Å². The normalized spacial score (nSPS) is 14.8. The summed E-state index contributed by atoms with van der Waals surface area (Å²) in [6.07, 6.45) is 0. The number of piperazine rings is 1. The Morgan fingerprint density at radius 3 is 2.25 bits per heavy atom. The Balaban J connectivity index is 1.64. The summed E-state index contributed by atoms with van der Waals surface area (Å²) in [5, 5.41) is 0.871. The lowest BCUT2D eigenvalue weighted by Gasteiger charge is -2.34. The van der Waals surface area contributed by atoms with Crippen LogP contribution in [0.1, 0.15) is 30.7 Å². The van der Waals surface area contributed by atoms with E-state index in [1.54, 1.807) is 15.9 Å². The highest BCUT2D eigenvalue weighted by Gasteiger charge is 2.27. The highest BCUT2D eigenvalue weighted by Crippen LogP contribution is 2.20. The van der Waals surface area contributed by atoms with Gasteiger partial charge in [-0.15, -0.1) is 11.3 Å². The third-order valence-electron chi connectivity index (χ3n) is 4.02. The Kier molecular flexibility index (Phi) is 4.62. The fourth-order valence-corrected chi connectivity index (χ4v) is 3.68. The van der Waals surface area contributed by atoms with Crippen molar-refractivity contribution in [1.29, 1.82) is 0 Å². The van der Waals surface area contributed by atoms with Gasteiger partial charge in [-0.25, -0.2) is 9.37 Å². The number of carbonyl (C=O) groups is 2. The van der Waals surface area contributed by atoms with E-state index in [-0.39, 0.29) is 11.8 Å². The molecule has 0 radical (unpaired) electrons. The Bertz CT molecular complexity index is 782. The zero-order valence-corrected chi connectivity index (χ0v) is 14.4. The summed E-state index contributed by atoms with van der Waals surface area (Å²) in [6, 6.07) is 5.68. The van der Waals surface area contributed by atoms with E-state index in [9.17, 15) is 14.0 Å². The van der Waals surface area contributed by atoms with Gasteiger partial charge in [-0.05, 0) is 32.0 Å². The molecule has 7 heteroatoms. The maximum atomic E-state index is 13.3. The summed E-state index contributed by atoms with van der Waals surface area (Å²) in [5.74, 6) is -0.659. The quantitative estimate of drug-likeness (QED) is 0.839. The summed E-state index contributed by atoms with van der Waals surface area (Å²) in [7, 11) is 0. The maximum absolute atomic E-state index is 13.3. The number of thiazole rings is 1. The molecule has 0 aliphatic carbocycles. The van der Waals surface area contributed by atoms with Crippen LogP contribution in [-0.2, 0) is 0 Å². The fraction of sp³-hybridized carbons (Fsp3) is 0.353. The summed E-state index contributed by atoms with van der Waals surface area (Å²) < 4.78 is 13.3. The minimum absolute atomic E-state index is 0.0315. The highest BCUT2D eigenvalue weighted by atomic mass is 32.1. The summed E-state index contributed by atoms with van der Waals surface area (Å²) >= 11 is 1.40. The average Bonchev–Trinajstić information content (AvgIpc) is 2.92. The van der Waals surface area contributed by atoms with Crippen LogP contribution in [-0.4, -0.2) is 52.8 Å². The summed E-state index contributed by atoms with van der Waals surface area (Å²) in [4.78, 5) is 33.3. The molecule has 0 atom stereocenters. The average molecular weight is 347 g/mol. The van der Waals surface area contributed by atoms with Crippen LogP contribution in [0.5, 0.6) is 0 Å². The van der Waals surface area contributed by atoms with Crippen molar-refractivity contribution in [2.75, 3.05) is 26.2 Å². The molecule has 1 fully saturated rings. The van der Waals surface area contributed by atoms with Gasteiger partial charge in [0, 0.05) is 31.7 Å². The van der Waals surface area contributed by atoms with Crippen molar-refractivity contribution >= 4 is 23.2 Å². The van der Waals surface area contributed by atoms with Crippen molar-refractivity contribution in [3.8, 4) is 0 Å². The number of hydrogen-bond donors (Lipinski definition) is 0. The molecular formula is C17H18FN3O2S. The number of benzene rings is 1. The molecule has 0 unspecified atom stereocenters. The van der Waals surface area contributed by atoms with E-state index in [4.69, 9.17) is 0 Å². The van der Waals surface area contributed by atoms with Crippen LogP contribution in [0.4, 0.5) is 4.39 Å². The number of aryl methyl sites for hydroxylation is 2. The van der Waals surface area contributed by atoms with Gasteiger partial charge in [-0.3, -0.25) is 9.59 Å². The number of amides is 2. The topological polar surface area (TPSA) is 53.5 Å². The molecule has 2 aromatic rings. The summed E-state index contributed by atoms with van der Waals surface area (Å²) in [5.41, 5.74) is 1.09. The molecule has 1 aliphatic heterocycles. The van der Waals surface area contributed by atoms with Crippen molar-refractivity contribution in [1.82, 2.24) is 14.8 Å². The second-order valence-corrected chi connectivity index (χ2v) is 6.95. The smallest absolute Gasteiger partial charge is 0.265 e. The number of halogens is 1. The van der Waals surface area contributed by atoms with Gasteiger partial charge >= 0.3 is 0 Å². The third kappa shape index (κ3) is 3.31. The van der Waals surface area contributed by atoms with E-state index < -0.39 is 5.82 Å². The molecule has 24 heavy (non-hydrogen) atoms. The molecule has 3 rings (SSSR count). The molecule has 0 saturated carbocycles. The van der Waals surface area contributed by atoms with E-state index in [0.29, 0.717) is 36.6 Å². The van der Waals surface area contributed by atoms with Gasteiger partial charge in [0.15, 0.2) is 0 Å². The molecule has 0 bridgehead atoms. The Hall–Kier alpha value is -2.28. The van der Waals surface area contributed by atoms with E-state index in [1.165, 1.54) is 29.5 Å². The van der Waals surface area contributed by atoms with Crippen molar-refractivity contribution in [2.24, 2.45) is 0 Å². The molecule has 126 valence electrons. The number of hydrogen-bond acceptors (Lipinski definition) is 4. The Morgan fingerprint density at radius 1 is 1.08 bits per heavy atom. The first-order valence-corrected chi connectivity index (χ1v) is 8.55. The van der Waals surface area contributed by atoms with Gasteiger partial charge in [0.05, 0.1) is 10.7 Å². The number of rotatable bonds is 2. The van der Waals surface area contributed by atoms with Crippen LogP contribution < -0.4 is 0 Å². The second kappa shape index (κ2) is 6.68. The third-order valence-corrected chi connectivity index (χ3v) is 5.08. The zero-order valence-electron chi connectivity index (χ0n) is 13.6. The lowest BCUT2D eigenvalue weighted by molar-refractivity contribution is 0.0537. The number of nitrogens with zero attached hydrogens (tertiary/aromatic N) is 3. The van der Waals surface area contributed by atoms with Crippen LogP contribution >= 0.6 is 11.3 Å². The lowest BCUT2D eigenvalue weighted by atomic mass is 10.1. The van der Waals surface area contributed by atoms with Crippen molar-refractivity contribution < 1.29 is 14.0 Å². The van der Waals surface area contributed by atoms with Gasteiger partial charge in [0.2, 0.25) is 0 Å². The number of aromatic nitrogens is 1. The van der Waals surface area contributed by atoms with E-state index >= 15 is 0 Å². The van der Waals surface area contributed by atoms with Gasteiger partial charge in [0.25, 0.3) is 11.8 Å². The van der Waals surface area contributed by atoms with Gasteiger partial charge < -0.3 is 9.80 Å². The first-order chi connectivity index (χ1) is 11.5. The molecule has 1 saturated heterocycles. The monoisotopic (exact) mass is 347 g/mol. The molecule has 2 heterocycles. The lowest BCUT2D eigenvalue weighted by Crippen LogP contribution is -2.50. The van der Waals surface area contributed by atoms with E-state index in [1.807, 2.05) is 13.8 Å². The molecule has 1 aromatic heterocycles. The first-order valence-electron chi connectivity index (χ1n) is 7.74. The first kappa shape index (κ1) is 16.6. The van der Waals surface area contributed by atoms with Crippen LogP contribution in [0, 0.1) is 19.7 Å². The van der Waals surface area contributed by atoms with Crippen LogP contribution in [0.3, 0.4) is 0 Å². The molecule has 2 amide bonds. The van der Waals surface area contributed by atoms with Crippen LogP contribution in [0.2, 0.25) is 0 Å². The largest absolute Gasteiger partial charge is 0.335 e. The van der Waals surface area contributed by atoms with Gasteiger partial charge in [-0.1, -0.05) is 6.07 Å². The predicted octanol–water partition coefficient (Wildman–Crippen LogP) is 2.50. The minimum Gasteiger partial charge on any atom is -0.335 e. The molecular weight excluding hydrogens is 329 g/mol. The second-order valence-electron chi connectivity index (χ2n) is 5.74. The van der Waals surface area contributed by atoms with Crippen LogP contribution in [0.25, 0.3) is 0 Å². The Labute approximate surface area is 143 Å². The number of carbonyl (C=O) groups excluding carboxylic acids is 2. The molecule has 1 aromatic carbocycles. The van der Waals surface area contributed by atoms with Crippen LogP contribution in [0.15, 0.2) is 24.3 Å². The van der Waals surface area contributed by atoms with Crippen molar-refractivity contribution in [3.63, 3.8) is 0 Å². The van der Waals surface area contributed by atoms with Crippen molar-refractivity contribution in [2.45, 2.75) is 13.8 Å². The molecule has 0 spiro atoms. The van der Waals surface area contributed by atoms with E-state index in [0.717, 1.165) is 10.7 Å². The fourth-order valence-electron chi connectivity index (χ4n) is 2.79. The highest BCUT2D eigenvalue weighted by molar-refractivity contribution is 7.13. The zero-order chi connectivity index (χ0) is 17.3. The van der Waals surface area contributed by atoms with Gasteiger partial charge in [-0.2, -0.15) is 0 Å². The van der Waals surface area contributed by atoms with Gasteiger partial charge in [0.1, 0.15) is 10.7 Å². The predicted molar refractivity (Wildman–Crippen MR) is 89.8 cm³/mol. The molecule has 0 N–H and O–H groups in total. The molecule has 1 aliphatic rings. The van der Waals surface area contributed by atoms with Crippen molar-refractivity contribution in [3.05, 3.63) is 51.2 Å². The minimum atomic E-state index is -0.425.